The molecule has 0 spiro atoms. The fourth-order valence-electron chi connectivity index (χ4n) is 1.47. The van der Waals surface area contributed by atoms with E-state index in [-0.39, 0.29) is 11.2 Å². The Morgan fingerprint density at radius 3 is 3.00 bits per heavy atom. The Kier molecular flexibility index (Phi) is 3.66. The number of aromatic nitrogens is 1. The first-order valence-corrected chi connectivity index (χ1v) is 6.08. The third-order valence-electron chi connectivity index (χ3n) is 2.31. The van der Waals surface area contributed by atoms with Crippen molar-refractivity contribution < 1.29 is 8.78 Å². The number of benzene rings is 1. The van der Waals surface area contributed by atoms with Crippen LogP contribution in [0.2, 0.25) is 0 Å². The fourth-order valence-corrected chi connectivity index (χ4v) is 2.17. The van der Waals surface area contributed by atoms with Crippen LogP contribution >= 0.6 is 11.3 Å². The Morgan fingerprint density at radius 2 is 2.28 bits per heavy atom. The summed E-state index contributed by atoms with van der Waals surface area (Å²) in [6, 6.07) is 1.28. The summed E-state index contributed by atoms with van der Waals surface area (Å²) >= 11 is 1.20. The van der Waals surface area contributed by atoms with Crippen LogP contribution in [0.1, 0.15) is 6.92 Å². The molecule has 0 aliphatic rings. The molecule has 0 radical (unpaired) electrons. The first-order chi connectivity index (χ1) is 8.63. The monoisotopic (exact) mass is 267 g/mol. The smallest absolute Gasteiger partial charge is 0.176 e. The summed E-state index contributed by atoms with van der Waals surface area (Å²) in [7, 11) is 1.62. The molecule has 2 aromatic rings. The number of halogens is 2. The van der Waals surface area contributed by atoms with Gasteiger partial charge in [-0.25, -0.2) is 13.8 Å². The molecular weight excluding hydrogens is 256 g/mol. The van der Waals surface area contributed by atoms with Crippen LogP contribution in [0.25, 0.3) is 10.2 Å². The number of nitrogens with zero attached hydrogens (tertiary/aromatic N) is 2. The van der Waals surface area contributed by atoms with E-state index in [1.165, 1.54) is 22.9 Å². The number of allylic oxidation sites excluding steroid dienone is 2. The summed E-state index contributed by atoms with van der Waals surface area (Å²) in [6.45, 7) is 1.70. The van der Waals surface area contributed by atoms with Crippen molar-refractivity contribution in [1.82, 2.24) is 4.98 Å². The predicted molar refractivity (Wildman–Crippen MR) is 71.3 cm³/mol. The van der Waals surface area contributed by atoms with Crippen LogP contribution in [-0.2, 0) is 0 Å². The highest BCUT2D eigenvalue weighted by Gasteiger charge is 2.15. The van der Waals surface area contributed by atoms with Crippen LogP contribution in [0.4, 0.5) is 14.5 Å². The maximum Gasteiger partial charge on any atom is 0.176 e. The zero-order valence-electron chi connectivity index (χ0n) is 9.87. The van der Waals surface area contributed by atoms with Crippen molar-refractivity contribution in [2.24, 2.45) is 4.99 Å². The van der Waals surface area contributed by atoms with Gasteiger partial charge in [0.15, 0.2) is 11.6 Å². The summed E-state index contributed by atoms with van der Waals surface area (Å²) < 4.78 is 28.3. The van der Waals surface area contributed by atoms with E-state index in [0.29, 0.717) is 10.4 Å². The minimum atomic E-state index is -0.674. The van der Waals surface area contributed by atoms with Crippen LogP contribution in [-0.4, -0.2) is 18.2 Å². The molecule has 2 rings (SSSR count). The van der Waals surface area contributed by atoms with Crippen LogP contribution in [0, 0.1) is 11.6 Å². The molecule has 0 atom stereocenters. The maximum atomic E-state index is 14.0. The number of hydrogen-bond acceptors (Lipinski definition) is 4. The van der Waals surface area contributed by atoms with Gasteiger partial charge >= 0.3 is 0 Å². The highest BCUT2D eigenvalue weighted by Crippen LogP contribution is 2.29. The fraction of sp³-hybridized carbons (Fsp3) is 0.167. The summed E-state index contributed by atoms with van der Waals surface area (Å²) in [6.07, 6.45) is 3.17. The quantitative estimate of drug-likeness (QED) is 0.863. The van der Waals surface area contributed by atoms with Crippen LogP contribution in [0.3, 0.4) is 0 Å². The van der Waals surface area contributed by atoms with Gasteiger partial charge in [0, 0.05) is 19.0 Å². The molecule has 1 aromatic carbocycles. The summed E-state index contributed by atoms with van der Waals surface area (Å²) in [5, 5.41) is 2.68. The van der Waals surface area contributed by atoms with E-state index in [1.807, 2.05) is 0 Å². The van der Waals surface area contributed by atoms with Crippen LogP contribution in [0.5, 0.6) is 0 Å². The lowest BCUT2D eigenvalue weighted by molar-refractivity contribution is 0.597. The topological polar surface area (TPSA) is 37.3 Å². The van der Waals surface area contributed by atoms with Crippen molar-refractivity contribution in [3.8, 4) is 0 Å². The molecule has 0 fully saturated rings. The minimum absolute atomic E-state index is 0.181. The Balaban J connectivity index is 2.44. The number of anilines is 1. The van der Waals surface area contributed by atoms with E-state index in [2.05, 4.69) is 15.3 Å². The molecule has 0 amide bonds. The van der Waals surface area contributed by atoms with Gasteiger partial charge in [0.2, 0.25) is 0 Å². The van der Waals surface area contributed by atoms with Gasteiger partial charge in [-0.3, -0.25) is 4.99 Å². The molecule has 0 aliphatic carbocycles. The van der Waals surface area contributed by atoms with Gasteiger partial charge in [0.25, 0.3) is 0 Å². The van der Waals surface area contributed by atoms with Crippen LogP contribution in [0.15, 0.2) is 28.3 Å². The molecule has 94 valence electrons. The van der Waals surface area contributed by atoms with Crippen molar-refractivity contribution in [2.45, 2.75) is 6.92 Å². The molecule has 0 unspecified atom stereocenters. The van der Waals surface area contributed by atoms with E-state index in [0.717, 1.165) is 0 Å². The Morgan fingerprint density at radius 1 is 1.50 bits per heavy atom. The zero-order chi connectivity index (χ0) is 13.1. The molecule has 1 N–H and O–H groups in total. The Hall–Kier alpha value is -1.82. The molecule has 0 saturated carbocycles. The minimum Gasteiger partial charge on any atom is -0.354 e. The second-order valence-electron chi connectivity index (χ2n) is 3.63. The summed E-state index contributed by atoms with van der Waals surface area (Å²) in [5.41, 5.74) is 2.07. The second kappa shape index (κ2) is 5.22. The highest BCUT2D eigenvalue weighted by molar-refractivity contribution is 7.16. The van der Waals surface area contributed by atoms with E-state index >= 15 is 0 Å². The van der Waals surface area contributed by atoms with E-state index in [1.54, 1.807) is 26.3 Å². The van der Waals surface area contributed by atoms with Crippen LogP contribution < -0.4 is 5.32 Å². The lowest BCUT2D eigenvalue weighted by Gasteiger charge is -2.08. The molecule has 1 heterocycles. The zero-order valence-corrected chi connectivity index (χ0v) is 10.7. The first kappa shape index (κ1) is 12.6. The number of hydrogen-bond donors (Lipinski definition) is 1. The van der Waals surface area contributed by atoms with Crippen molar-refractivity contribution in [1.29, 1.82) is 0 Å². The first-order valence-electron chi connectivity index (χ1n) is 5.20. The molecule has 18 heavy (non-hydrogen) atoms. The average Bonchev–Trinajstić information content (AvgIpc) is 2.80. The molecule has 0 bridgehead atoms. The third kappa shape index (κ3) is 2.38. The van der Waals surface area contributed by atoms with Gasteiger partial charge in [-0.1, -0.05) is 0 Å². The van der Waals surface area contributed by atoms with Gasteiger partial charge in [0.05, 0.1) is 10.2 Å². The molecule has 1 aromatic heterocycles. The second-order valence-corrected chi connectivity index (χ2v) is 4.51. The largest absolute Gasteiger partial charge is 0.354 e. The Bertz CT molecular complexity index is 632. The van der Waals surface area contributed by atoms with Gasteiger partial charge < -0.3 is 5.32 Å². The lowest BCUT2D eigenvalue weighted by atomic mass is 10.2. The van der Waals surface area contributed by atoms with Gasteiger partial charge in [-0.15, -0.1) is 11.3 Å². The highest BCUT2D eigenvalue weighted by atomic mass is 32.1. The third-order valence-corrected chi connectivity index (χ3v) is 3.09. The standard InChI is InChI=1S/C12H11F2N3S/c1-7(3-4-15-2)17-11-8(13)5-9-12(10(11)14)16-6-18-9/h3-6,17H,1-2H3/b7-3+,15-4-. The van der Waals surface area contributed by atoms with Crippen molar-refractivity contribution in [2.75, 3.05) is 12.4 Å². The van der Waals surface area contributed by atoms with Gasteiger partial charge in [-0.2, -0.15) is 0 Å². The average molecular weight is 267 g/mol. The Labute approximate surface area is 107 Å². The molecule has 0 aliphatic heterocycles. The normalized spacial score (nSPS) is 12.6. The van der Waals surface area contributed by atoms with Crippen molar-refractivity contribution >= 4 is 33.5 Å². The van der Waals surface area contributed by atoms with E-state index in [4.69, 9.17) is 0 Å². The number of fused-ring (bicyclic) bond motifs is 1. The summed E-state index contributed by atoms with van der Waals surface area (Å²) in [4.78, 5) is 7.64. The van der Waals surface area contributed by atoms with E-state index in [9.17, 15) is 8.78 Å². The van der Waals surface area contributed by atoms with Gasteiger partial charge in [-0.05, 0) is 19.1 Å². The SMILES string of the molecule is C/N=C\C=C(/C)Nc1c(F)cc2scnc2c1F. The van der Waals surface area contributed by atoms with Crippen molar-refractivity contribution in [3.63, 3.8) is 0 Å². The van der Waals surface area contributed by atoms with Gasteiger partial charge in [0.1, 0.15) is 11.2 Å². The number of aliphatic imine (C=N–C) groups is 1. The lowest BCUT2D eigenvalue weighted by Crippen LogP contribution is -2.02. The van der Waals surface area contributed by atoms with E-state index < -0.39 is 11.6 Å². The maximum absolute atomic E-state index is 14.0. The predicted octanol–water partition coefficient (Wildman–Crippen LogP) is 3.59. The summed E-state index contributed by atoms with van der Waals surface area (Å²) in [5.74, 6) is -1.31. The molecule has 3 nitrogen and oxygen atoms in total. The number of nitrogens with one attached hydrogen (secondary N) is 1. The molecule has 6 heteroatoms. The number of thiazole rings is 1. The number of rotatable bonds is 3. The molecule has 0 saturated heterocycles. The van der Waals surface area contributed by atoms with Crippen molar-refractivity contribution in [3.05, 3.63) is 35.0 Å². The molecular formula is C12H11F2N3S.